The highest BCUT2D eigenvalue weighted by atomic mass is 16.5. The Balaban J connectivity index is 1.89. The van der Waals surface area contributed by atoms with Gasteiger partial charge in [0, 0.05) is 30.6 Å². The summed E-state index contributed by atoms with van der Waals surface area (Å²) in [5, 5.41) is 4.47. The molecule has 146 valence electrons. The van der Waals surface area contributed by atoms with Gasteiger partial charge in [-0.2, -0.15) is 5.10 Å². The lowest BCUT2D eigenvalue weighted by Gasteiger charge is -2.20. The maximum Gasteiger partial charge on any atom is 0.100 e. The lowest BCUT2D eigenvalue weighted by molar-refractivity contribution is 0.168. The van der Waals surface area contributed by atoms with Crippen molar-refractivity contribution in [2.75, 3.05) is 13.7 Å². The first-order valence-electron chi connectivity index (χ1n) is 9.47. The van der Waals surface area contributed by atoms with Crippen molar-refractivity contribution in [1.29, 1.82) is 0 Å². The molecule has 3 heterocycles. The molecule has 3 aromatic heterocycles. The van der Waals surface area contributed by atoms with E-state index < -0.39 is 0 Å². The molecular formula is C23H23N5O. The molecule has 0 aliphatic heterocycles. The van der Waals surface area contributed by atoms with E-state index in [1.165, 1.54) is 0 Å². The molecule has 0 N–H and O–H groups in total. The molecule has 6 heteroatoms. The van der Waals surface area contributed by atoms with E-state index in [4.69, 9.17) is 9.72 Å². The SMILES string of the molecule is C=CCn1cc(-c2c(-c3ccccc3)ncn2[C@H](COC)c2ccccn2)cn1. The first kappa shape index (κ1) is 18.8. The van der Waals surface area contributed by atoms with Crippen molar-refractivity contribution in [2.24, 2.45) is 0 Å². The molecule has 1 aromatic carbocycles. The Morgan fingerprint density at radius 2 is 1.90 bits per heavy atom. The van der Waals surface area contributed by atoms with E-state index in [0.717, 1.165) is 28.2 Å². The van der Waals surface area contributed by atoms with Crippen molar-refractivity contribution in [1.82, 2.24) is 24.3 Å². The van der Waals surface area contributed by atoms with Gasteiger partial charge < -0.3 is 9.30 Å². The van der Waals surface area contributed by atoms with Crippen molar-refractivity contribution in [3.05, 3.63) is 91.8 Å². The van der Waals surface area contributed by atoms with Crippen LogP contribution in [0.2, 0.25) is 0 Å². The summed E-state index contributed by atoms with van der Waals surface area (Å²) in [6.07, 6.45) is 9.37. The average molecular weight is 385 g/mol. The summed E-state index contributed by atoms with van der Waals surface area (Å²) in [5.74, 6) is 0. The minimum atomic E-state index is -0.107. The minimum absolute atomic E-state index is 0.107. The van der Waals surface area contributed by atoms with Crippen LogP contribution in [0.3, 0.4) is 0 Å². The number of allylic oxidation sites excluding steroid dienone is 1. The fraction of sp³-hybridized carbons (Fsp3) is 0.174. The van der Waals surface area contributed by atoms with Gasteiger partial charge in [0.25, 0.3) is 0 Å². The number of hydrogen-bond acceptors (Lipinski definition) is 4. The number of rotatable bonds is 8. The summed E-state index contributed by atoms with van der Waals surface area (Å²) in [6.45, 7) is 4.93. The number of hydrogen-bond donors (Lipinski definition) is 0. The Morgan fingerprint density at radius 3 is 2.62 bits per heavy atom. The number of nitrogens with zero attached hydrogens (tertiary/aromatic N) is 5. The van der Waals surface area contributed by atoms with E-state index in [0.29, 0.717) is 13.2 Å². The van der Waals surface area contributed by atoms with Crippen LogP contribution in [0.15, 0.2) is 86.1 Å². The molecule has 0 bridgehead atoms. The van der Waals surface area contributed by atoms with Crippen molar-refractivity contribution in [2.45, 2.75) is 12.6 Å². The maximum absolute atomic E-state index is 5.54. The average Bonchev–Trinajstić information content (AvgIpc) is 3.40. The van der Waals surface area contributed by atoms with E-state index in [2.05, 4.69) is 33.4 Å². The van der Waals surface area contributed by atoms with Crippen molar-refractivity contribution < 1.29 is 4.74 Å². The van der Waals surface area contributed by atoms with Crippen LogP contribution in [0.25, 0.3) is 22.5 Å². The minimum Gasteiger partial charge on any atom is -0.382 e. The van der Waals surface area contributed by atoms with Gasteiger partial charge in [-0.15, -0.1) is 6.58 Å². The number of benzene rings is 1. The molecular weight excluding hydrogens is 362 g/mol. The highest BCUT2D eigenvalue weighted by Gasteiger charge is 2.23. The standard InChI is InChI=1S/C23H23N5O/c1-3-13-27-15-19(14-26-27)23-22(18-9-5-4-6-10-18)25-17-28(23)21(16-29-2)20-11-7-8-12-24-20/h3-12,14-15,17,21H,1,13,16H2,2H3/t21-/m1/s1. The van der Waals surface area contributed by atoms with E-state index in [-0.39, 0.29) is 6.04 Å². The molecule has 0 amide bonds. The van der Waals surface area contributed by atoms with Gasteiger partial charge in [-0.05, 0) is 12.1 Å². The summed E-state index contributed by atoms with van der Waals surface area (Å²) in [4.78, 5) is 9.33. The van der Waals surface area contributed by atoms with Gasteiger partial charge in [-0.1, -0.05) is 42.5 Å². The predicted octanol–water partition coefficient (Wildman–Crippen LogP) is 4.23. The van der Waals surface area contributed by atoms with E-state index in [1.807, 2.05) is 65.9 Å². The molecule has 0 radical (unpaired) electrons. The zero-order valence-electron chi connectivity index (χ0n) is 16.3. The van der Waals surface area contributed by atoms with Crippen LogP contribution in [0.5, 0.6) is 0 Å². The van der Waals surface area contributed by atoms with Gasteiger partial charge >= 0.3 is 0 Å². The van der Waals surface area contributed by atoms with E-state index in [9.17, 15) is 0 Å². The van der Waals surface area contributed by atoms with Gasteiger partial charge in [-0.3, -0.25) is 9.67 Å². The fourth-order valence-electron chi connectivity index (χ4n) is 3.45. The third kappa shape index (κ3) is 3.88. The van der Waals surface area contributed by atoms with Gasteiger partial charge in [0.15, 0.2) is 0 Å². The molecule has 1 atom stereocenters. The van der Waals surface area contributed by atoms with Crippen molar-refractivity contribution in [3.8, 4) is 22.5 Å². The monoisotopic (exact) mass is 385 g/mol. The van der Waals surface area contributed by atoms with Gasteiger partial charge in [0.2, 0.25) is 0 Å². The van der Waals surface area contributed by atoms with Crippen LogP contribution in [-0.4, -0.2) is 38.0 Å². The molecule has 0 saturated heterocycles. The van der Waals surface area contributed by atoms with Gasteiger partial charge in [0.05, 0.1) is 42.8 Å². The predicted molar refractivity (Wildman–Crippen MR) is 113 cm³/mol. The molecule has 29 heavy (non-hydrogen) atoms. The Kier molecular flexibility index (Phi) is 5.63. The lowest BCUT2D eigenvalue weighted by Crippen LogP contribution is -2.17. The van der Waals surface area contributed by atoms with Crippen LogP contribution in [-0.2, 0) is 11.3 Å². The van der Waals surface area contributed by atoms with Crippen LogP contribution in [0, 0.1) is 0 Å². The fourth-order valence-corrected chi connectivity index (χ4v) is 3.45. The first-order valence-corrected chi connectivity index (χ1v) is 9.47. The Hall–Kier alpha value is -3.51. The molecule has 0 fully saturated rings. The Bertz CT molecular complexity index is 1070. The second kappa shape index (κ2) is 8.67. The quantitative estimate of drug-likeness (QED) is 0.426. The zero-order valence-corrected chi connectivity index (χ0v) is 16.3. The topological polar surface area (TPSA) is 57.8 Å². The maximum atomic E-state index is 5.54. The summed E-state index contributed by atoms with van der Waals surface area (Å²) in [7, 11) is 1.70. The molecule has 0 aliphatic carbocycles. The highest BCUT2D eigenvalue weighted by molar-refractivity contribution is 5.78. The Labute approximate surface area is 170 Å². The van der Waals surface area contributed by atoms with Crippen LogP contribution in [0.1, 0.15) is 11.7 Å². The van der Waals surface area contributed by atoms with Crippen molar-refractivity contribution >= 4 is 0 Å². The third-order valence-electron chi connectivity index (χ3n) is 4.75. The van der Waals surface area contributed by atoms with Crippen LogP contribution >= 0.6 is 0 Å². The van der Waals surface area contributed by atoms with E-state index >= 15 is 0 Å². The van der Waals surface area contributed by atoms with Crippen molar-refractivity contribution in [3.63, 3.8) is 0 Å². The molecule has 6 nitrogen and oxygen atoms in total. The highest BCUT2D eigenvalue weighted by Crippen LogP contribution is 2.34. The lowest BCUT2D eigenvalue weighted by atomic mass is 10.1. The largest absolute Gasteiger partial charge is 0.382 e. The van der Waals surface area contributed by atoms with E-state index in [1.54, 1.807) is 13.3 Å². The summed E-state index contributed by atoms with van der Waals surface area (Å²) >= 11 is 0. The molecule has 0 spiro atoms. The molecule has 0 aliphatic rings. The normalized spacial score (nSPS) is 12.0. The smallest absolute Gasteiger partial charge is 0.100 e. The Morgan fingerprint density at radius 1 is 1.07 bits per heavy atom. The summed E-state index contributed by atoms with van der Waals surface area (Å²) in [5.41, 5.74) is 4.85. The molecule has 0 unspecified atom stereocenters. The van der Waals surface area contributed by atoms with Gasteiger partial charge in [-0.25, -0.2) is 4.98 Å². The van der Waals surface area contributed by atoms with Crippen LogP contribution < -0.4 is 0 Å². The van der Waals surface area contributed by atoms with Gasteiger partial charge in [0.1, 0.15) is 6.04 Å². The number of aromatic nitrogens is 5. The van der Waals surface area contributed by atoms with Crippen LogP contribution in [0.4, 0.5) is 0 Å². The summed E-state index contributed by atoms with van der Waals surface area (Å²) in [6, 6.07) is 16.0. The summed E-state index contributed by atoms with van der Waals surface area (Å²) < 4.78 is 9.53. The third-order valence-corrected chi connectivity index (χ3v) is 4.75. The zero-order chi connectivity index (χ0) is 20.1. The molecule has 4 rings (SSSR count). The second-order valence-electron chi connectivity index (χ2n) is 6.68. The number of methoxy groups -OCH3 is 1. The number of ether oxygens (including phenoxy) is 1. The second-order valence-corrected chi connectivity index (χ2v) is 6.68. The molecule has 0 saturated carbocycles. The molecule has 4 aromatic rings. The number of pyridine rings is 1. The first-order chi connectivity index (χ1) is 14.3. The number of imidazole rings is 1.